The Morgan fingerprint density at radius 1 is 1.09 bits per heavy atom. The molecule has 1 aliphatic heterocycles. The van der Waals surface area contributed by atoms with Gasteiger partial charge >= 0.3 is 6.36 Å². The van der Waals surface area contributed by atoms with Crippen molar-refractivity contribution in [3.8, 4) is 16.9 Å². The number of likely N-dealkylation sites (tertiary alicyclic amines) is 1. The van der Waals surface area contributed by atoms with Gasteiger partial charge < -0.3 is 15.0 Å². The number of halogens is 5. The quantitative estimate of drug-likeness (QED) is 0.242. The van der Waals surface area contributed by atoms with E-state index in [1.165, 1.54) is 11.6 Å². The van der Waals surface area contributed by atoms with Crippen molar-refractivity contribution >= 4 is 34.2 Å². The van der Waals surface area contributed by atoms with Gasteiger partial charge in [0.1, 0.15) is 30.3 Å². The van der Waals surface area contributed by atoms with E-state index in [1.807, 2.05) is 0 Å². The van der Waals surface area contributed by atoms with Gasteiger partial charge in [-0.05, 0) is 36.8 Å². The summed E-state index contributed by atoms with van der Waals surface area (Å²) in [6, 6.07) is 6.46. The molecular weight excluding hydrogens is 579 g/mol. The normalized spacial score (nSPS) is 16.9. The van der Waals surface area contributed by atoms with E-state index in [4.69, 9.17) is 0 Å². The number of anilines is 1. The lowest BCUT2D eigenvalue weighted by Gasteiger charge is -2.24. The zero-order chi connectivity index (χ0) is 31.1. The van der Waals surface area contributed by atoms with Crippen molar-refractivity contribution in [2.45, 2.75) is 45.4 Å². The maximum atomic E-state index is 14.6. The maximum Gasteiger partial charge on any atom is 0.573 e. The van der Waals surface area contributed by atoms with Crippen LogP contribution in [0.25, 0.3) is 22.0 Å². The van der Waals surface area contributed by atoms with E-state index in [0.717, 1.165) is 23.1 Å². The Balaban J connectivity index is 1.38. The molecule has 1 saturated heterocycles. The number of Topliss-reactive ketones (excluding diaryl/α,β-unsaturated/α-hetero) is 1. The number of rotatable bonds is 7. The van der Waals surface area contributed by atoms with E-state index in [2.05, 4.69) is 25.1 Å². The summed E-state index contributed by atoms with van der Waals surface area (Å²) in [5, 5.41) is 6.87. The molecule has 0 bridgehead atoms. The lowest BCUT2D eigenvalue weighted by molar-refractivity contribution is -0.275. The van der Waals surface area contributed by atoms with Gasteiger partial charge in [-0.1, -0.05) is 12.1 Å². The summed E-state index contributed by atoms with van der Waals surface area (Å²) in [6.07, 6.45) is -3.93. The van der Waals surface area contributed by atoms with Crippen LogP contribution in [0.1, 0.15) is 29.7 Å². The predicted octanol–water partition coefficient (Wildman–Crippen LogP) is 4.62. The minimum Gasteiger partial charge on any atom is -0.403 e. The van der Waals surface area contributed by atoms with Crippen LogP contribution < -0.4 is 10.1 Å². The second kappa shape index (κ2) is 11.4. The molecule has 0 saturated carbocycles. The lowest BCUT2D eigenvalue weighted by atomic mass is 10.0. The van der Waals surface area contributed by atoms with Crippen molar-refractivity contribution < 1.29 is 41.1 Å². The summed E-state index contributed by atoms with van der Waals surface area (Å²) in [5.74, 6) is -4.16. The number of benzene rings is 2. The molecule has 10 nitrogen and oxygen atoms in total. The molecule has 0 spiro atoms. The van der Waals surface area contributed by atoms with Crippen molar-refractivity contribution in [1.29, 1.82) is 0 Å². The van der Waals surface area contributed by atoms with Crippen molar-refractivity contribution in [2.24, 2.45) is 0 Å². The molecule has 2 aromatic heterocycles. The fraction of sp³-hybridized carbons (Fsp3) is 0.286. The highest BCUT2D eigenvalue weighted by Gasteiger charge is 2.40. The summed E-state index contributed by atoms with van der Waals surface area (Å²) in [4.78, 5) is 48.0. The summed E-state index contributed by atoms with van der Waals surface area (Å²) >= 11 is 0. The minimum absolute atomic E-state index is 0.0909. The summed E-state index contributed by atoms with van der Waals surface area (Å²) in [6.45, 7) is 2.15. The van der Waals surface area contributed by atoms with Crippen LogP contribution in [0.3, 0.4) is 0 Å². The van der Waals surface area contributed by atoms with E-state index < -0.39 is 67.2 Å². The van der Waals surface area contributed by atoms with Crippen LogP contribution in [0.15, 0.2) is 48.8 Å². The number of carbonyl (C=O) groups is 3. The molecule has 3 heterocycles. The fourth-order valence-electron chi connectivity index (χ4n) is 4.84. The Kier molecular flexibility index (Phi) is 7.82. The number of hydrogen-bond donors (Lipinski definition) is 1. The maximum absolute atomic E-state index is 14.6. The van der Waals surface area contributed by atoms with Crippen molar-refractivity contribution in [2.75, 3.05) is 11.9 Å². The minimum atomic E-state index is -5.17. The number of nitrogens with zero attached hydrogens (tertiary/aromatic N) is 5. The zero-order valence-corrected chi connectivity index (χ0v) is 22.7. The molecule has 1 fully saturated rings. The fourth-order valence-corrected chi connectivity index (χ4v) is 4.84. The first-order valence-electron chi connectivity index (χ1n) is 12.9. The van der Waals surface area contributed by atoms with Gasteiger partial charge in [0.05, 0.1) is 17.7 Å². The van der Waals surface area contributed by atoms with Crippen molar-refractivity contribution in [3.63, 3.8) is 0 Å². The van der Waals surface area contributed by atoms with Crippen molar-refractivity contribution in [1.82, 2.24) is 24.6 Å². The van der Waals surface area contributed by atoms with Gasteiger partial charge in [-0.15, -0.1) is 13.2 Å². The van der Waals surface area contributed by atoms with E-state index in [0.29, 0.717) is 27.9 Å². The number of alkyl halides is 4. The summed E-state index contributed by atoms with van der Waals surface area (Å²) in [5.41, 5.74) is 1.27. The molecule has 43 heavy (non-hydrogen) atoms. The topological polar surface area (TPSA) is 119 Å². The van der Waals surface area contributed by atoms with E-state index >= 15 is 0 Å². The number of amides is 2. The molecule has 2 aromatic carbocycles. The summed E-state index contributed by atoms with van der Waals surface area (Å²) < 4.78 is 71.7. The summed E-state index contributed by atoms with van der Waals surface area (Å²) in [7, 11) is 0. The third-order valence-electron chi connectivity index (χ3n) is 6.80. The van der Waals surface area contributed by atoms with E-state index in [1.54, 1.807) is 37.5 Å². The van der Waals surface area contributed by atoms with Gasteiger partial charge in [0.25, 0.3) is 0 Å². The number of ketones is 1. The number of aromatic nitrogens is 4. The number of ether oxygens (including phenoxy) is 1. The molecule has 2 atom stereocenters. The van der Waals surface area contributed by atoms with E-state index in [9.17, 15) is 36.3 Å². The van der Waals surface area contributed by atoms with Crippen molar-refractivity contribution in [3.05, 3.63) is 66.1 Å². The number of carbonyl (C=O) groups excluding carboxylic acids is 3. The third kappa shape index (κ3) is 6.29. The number of nitrogens with one attached hydrogen (secondary N) is 1. The first-order chi connectivity index (χ1) is 20.3. The van der Waals surface area contributed by atoms with Gasteiger partial charge in [-0.2, -0.15) is 5.10 Å². The largest absolute Gasteiger partial charge is 0.573 e. The molecule has 1 aliphatic rings. The molecule has 2 amide bonds. The SMILES string of the molecule is CC(=O)c1nn(CC(=O)N2C[C@H](F)C[C@H]2C(=O)Nc2cccc(OC(F)(F)F)c2F)c2ccc(-c3cnc(C)nc3)cc12. The Hall–Kier alpha value is -4.95. The van der Waals surface area contributed by atoms with Gasteiger partial charge in [0.15, 0.2) is 17.3 Å². The highest BCUT2D eigenvalue weighted by molar-refractivity contribution is 6.06. The predicted molar refractivity (Wildman–Crippen MR) is 142 cm³/mol. The molecule has 224 valence electrons. The Bertz CT molecular complexity index is 1720. The monoisotopic (exact) mass is 602 g/mol. The first kappa shape index (κ1) is 29.5. The second-order valence-corrected chi connectivity index (χ2v) is 9.86. The molecule has 1 N–H and O–H groups in total. The standard InChI is InChI=1S/C28H23F5N6O4/c1-14(40)26-19-8-16(17-10-34-15(2)35-11-17)6-7-21(19)39(37-26)13-24(41)38-12-18(29)9-22(38)27(42)36-20-4-3-5-23(25(20)30)43-28(31,32)33/h3-8,10-11,18,22H,9,12-13H2,1-2H3,(H,36,42)/t18-,22+/m1/s1. The van der Waals surface area contributed by atoms with Crippen LogP contribution in [0, 0.1) is 12.7 Å². The molecule has 0 radical (unpaired) electrons. The Labute approximate surface area is 240 Å². The molecule has 0 aliphatic carbocycles. The second-order valence-electron chi connectivity index (χ2n) is 9.86. The van der Waals surface area contributed by atoms with E-state index in [-0.39, 0.29) is 11.5 Å². The Morgan fingerprint density at radius 3 is 2.49 bits per heavy atom. The van der Waals surface area contributed by atoms with Gasteiger partial charge in [-0.3, -0.25) is 19.1 Å². The number of hydrogen-bond acceptors (Lipinski definition) is 7. The smallest absolute Gasteiger partial charge is 0.403 e. The molecule has 5 rings (SSSR count). The number of aryl methyl sites for hydroxylation is 1. The van der Waals surface area contributed by atoms with Crippen LogP contribution in [0.4, 0.5) is 27.6 Å². The van der Waals surface area contributed by atoms with Gasteiger partial charge in [0.2, 0.25) is 11.8 Å². The van der Waals surface area contributed by atoms with Crippen LogP contribution in [0.5, 0.6) is 5.75 Å². The van der Waals surface area contributed by atoms with Crippen LogP contribution >= 0.6 is 0 Å². The first-order valence-corrected chi connectivity index (χ1v) is 12.9. The lowest BCUT2D eigenvalue weighted by Crippen LogP contribution is -2.44. The highest BCUT2D eigenvalue weighted by Crippen LogP contribution is 2.31. The van der Waals surface area contributed by atoms with Gasteiger partial charge in [0, 0.05) is 36.7 Å². The number of fused-ring (bicyclic) bond motifs is 1. The highest BCUT2D eigenvalue weighted by atomic mass is 19.4. The average Bonchev–Trinajstić information content (AvgIpc) is 3.51. The van der Waals surface area contributed by atoms with Gasteiger partial charge in [-0.25, -0.2) is 18.7 Å². The molecular formula is C28H23F5N6O4. The Morgan fingerprint density at radius 2 is 1.81 bits per heavy atom. The molecule has 15 heteroatoms. The van der Waals surface area contributed by atoms with Crippen LogP contribution in [-0.4, -0.2) is 67.4 Å². The molecule has 0 unspecified atom stereocenters. The zero-order valence-electron chi connectivity index (χ0n) is 22.7. The average molecular weight is 603 g/mol. The van der Waals surface area contributed by atoms with Crippen LogP contribution in [0.2, 0.25) is 0 Å². The van der Waals surface area contributed by atoms with Crippen LogP contribution in [-0.2, 0) is 16.1 Å². The molecule has 4 aromatic rings. The third-order valence-corrected chi connectivity index (χ3v) is 6.80.